The van der Waals surface area contributed by atoms with Gasteiger partial charge in [-0.15, -0.1) is 0 Å². The molecule has 0 aliphatic heterocycles. The molecular weight excluding hydrogens is 254 g/mol. The van der Waals surface area contributed by atoms with Crippen LogP contribution in [-0.2, 0) is 4.43 Å². The van der Waals surface area contributed by atoms with Crippen LogP contribution in [0.3, 0.4) is 0 Å². The maximum atomic E-state index is 5.82. The van der Waals surface area contributed by atoms with Crippen molar-refractivity contribution >= 4 is 8.32 Å². The molecule has 1 aromatic rings. The van der Waals surface area contributed by atoms with Crippen molar-refractivity contribution in [2.75, 3.05) is 13.2 Å². The van der Waals surface area contributed by atoms with E-state index in [1.165, 1.54) is 25.3 Å². The highest BCUT2D eigenvalue weighted by Crippen LogP contribution is 2.16. The Morgan fingerprint density at radius 1 is 1.05 bits per heavy atom. The Bertz CT molecular complexity index is 330. The number of ether oxygens (including phenoxy) is 1. The average molecular weight is 281 g/mol. The summed E-state index contributed by atoms with van der Waals surface area (Å²) in [7, 11) is -1.36. The quantitative estimate of drug-likeness (QED) is 0.474. The molecule has 0 saturated carbocycles. The number of aromatic nitrogens is 1. The van der Waals surface area contributed by atoms with Crippen LogP contribution in [0.15, 0.2) is 24.5 Å². The minimum atomic E-state index is -1.36. The topological polar surface area (TPSA) is 31.4 Å². The van der Waals surface area contributed by atoms with Crippen molar-refractivity contribution in [1.82, 2.24) is 4.98 Å². The highest BCUT2D eigenvalue weighted by Gasteiger charge is 2.20. The fourth-order valence-electron chi connectivity index (χ4n) is 2.09. The predicted octanol–water partition coefficient (Wildman–Crippen LogP) is 4.26. The Morgan fingerprint density at radius 3 is 2.42 bits per heavy atom. The molecule has 0 saturated heterocycles. The molecular formula is C15H27NO2Si. The van der Waals surface area contributed by atoms with E-state index in [9.17, 15) is 0 Å². The summed E-state index contributed by atoms with van der Waals surface area (Å²) in [4.78, 5) is 3.96. The van der Waals surface area contributed by atoms with Crippen molar-refractivity contribution in [2.24, 2.45) is 0 Å². The SMILES string of the molecule is CCO[Si](C)(C)CCCCCCOc1ccncc1. The van der Waals surface area contributed by atoms with E-state index in [2.05, 4.69) is 25.0 Å². The first-order valence-corrected chi connectivity index (χ1v) is 10.4. The molecule has 1 heterocycles. The maximum Gasteiger partial charge on any atom is 0.186 e. The van der Waals surface area contributed by atoms with Gasteiger partial charge in [0.05, 0.1) is 6.61 Å². The molecule has 1 rings (SSSR count). The van der Waals surface area contributed by atoms with E-state index >= 15 is 0 Å². The highest BCUT2D eigenvalue weighted by molar-refractivity contribution is 6.71. The molecule has 0 aromatic carbocycles. The Labute approximate surface area is 118 Å². The lowest BCUT2D eigenvalue weighted by molar-refractivity contribution is 0.304. The molecule has 0 N–H and O–H groups in total. The molecule has 108 valence electrons. The van der Waals surface area contributed by atoms with Crippen LogP contribution in [0.25, 0.3) is 0 Å². The summed E-state index contributed by atoms with van der Waals surface area (Å²) in [6.45, 7) is 8.37. The number of nitrogens with zero attached hydrogens (tertiary/aromatic N) is 1. The Kier molecular flexibility index (Phi) is 7.75. The average Bonchev–Trinajstić information content (AvgIpc) is 2.38. The minimum Gasteiger partial charge on any atom is -0.493 e. The number of rotatable bonds is 10. The second kappa shape index (κ2) is 9.10. The Balaban J connectivity index is 1.97. The predicted molar refractivity (Wildman–Crippen MR) is 82.1 cm³/mol. The third-order valence-corrected chi connectivity index (χ3v) is 5.75. The summed E-state index contributed by atoms with van der Waals surface area (Å²) < 4.78 is 11.5. The van der Waals surface area contributed by atoms with Gasteiger partial charge in [0, 0.05) is 19.0 Å². The van der Waals surface area contributed by atoms with Gasteiger partial charge in [-0.3, -0.25) is 4.98 Å². The standard InChI is InChI=1S/C15H27NO2Si/c1-4-18-19(2,3)14-8-6-5-7-13-17-15-9-11-16-12-10-15/h9-12H,4-8,13-14H2,1-3H3. The molecule has 3 nitrogen and oxygen atoms in total. The first kappa shape index (κ1) is 16.2. The molecule has 0 fully saturated rings. The van der Waals surface area contributed by atoms with E-state index in [0.29, 0.717) is 0 Å². The second-order valence-corrected chi connectivity index (χ2v) is 9.70. The normalized spacial score (nSPS) is 11.5. The summed E-state index contributed by atoms with van der Waals surface area (Å²) in [5.41, 5.74) is 0. The van der Waals surface area contributed by atoms with Crippen LogP contribution in [0.5, 0.6) is 5.75 Å². The lowest BCUT2D eigenvalue weighted by Crippen LogP contribution is -2.29. The van der Waals surface area contributed by atoms with Gasteiger partial charge in [0.1, 0.15) is 5.75 Å². The van der Waals surface area contributed by atoms with Gasteiger partial charge < -0.3 is 9.16 Å². The van der Waals surface area contributed by atoms with Gasteiger partial charge in [-0.1, -0.05) is 19.3 Å². The van der Waals surface area contributed by atoms with Crippen LogP contribution < -0.4 is 4.74 Å². The van der Waals surface area contributed by atoms with Crippen LogP contribution in [0, 0.1) is 0 Å². The maximum absolute atomic E-state index is 5.82. The van der Waals surface area contributed by atoms with Gasteiger partial charge in [0.15, 0.2) is 8.32 Å². The molecule has 0 aliphatic carbocycles. The number of hydrogen-bond donors (Lipinski definition) is 0. The van der Waals surface area contributed by atoms with Gasteiger partial charge in [-0.05, 0) is 44.6 Å². The molecule has 19 heavy (non-hydrogen) atoms. The van der Waals surface area contributed by atoms with Gasteiger partial charge >= 0.3 is 0 Å². The molecule has 0 spiro atoms. The smallest absolute Gasteiger partial charge is 0.186 e. The van der Waals surface area contributed by atoms with E-state index in [4.69, 9.17) is 9.16 Å². The highest BCUT2D eigenvalue weighted by atomic mass is 28.4. The van der Waals surface area contributed by atoms with Gasteiger partial charge in [0.25, 0.3) is 0 Å². The molecule has 1 aromatic heterocycles. The van der Waals surface area contributed by atoms with E-state index in [0.717, 1.165) is 25.4 Å². The van der Waals surface area contributed by atoms with Crippen LogP contribution in [0.2, 0.25) is 19.1 Å². The zero-order chi connectivity index (χ0) is 14.0. The zero-order valence-corrected chi connectivity index (χ0v) is 13.5. The number of pyridine rings is 1. The molecule has 4 heteroatoms. The van der Waals surface area contributed by atoms with Crippen molar-refractivity contribution in [3.63, 3.8) is 0 Å². The molecule has 0 amide bonds. The first-order valence-electron chi connectivity index (χ1n) is 7.31. The van der Waals surface area contributed by atoms with E-state index in [1.807, 2.05) is 12.1 Å². The molecule has 0 aliphatic rings. The lowest BCUT2D eigenvalue weighted by atomic mass is 10.2. The third-order valence-electron chi connectivity index (χ3n) is 3.13. The van der Waals surface area contributed by atoms with Crippen molar-refractivity contribution in [1.29, 1.82) is 0 Å². The summed E-state index contributed by atoms with van der Waals surface area (Å²) in [5.74, 6) is 0.917. The van der Waals surface area contributed by atoms with E-state index in [-0.39, 0.29) is 0 Å². The van der Waals surface area contributed by atoms with Crippen molar-refractivity contribution in [3.8, 4) is 5.75 Å². The minimum absolute atomic E-state index is 0.802. The van der Waals surface area contributed by atoms with E-state index in [1.54, 1.807) is 12.4 Å². The molecule has 0 unspecified atom stereocenters. The fraction of sp³-hybridized carbons (Fsp3) is 0.667. The van der Waals surface area contributed by atoms with Gasteiger partial charge in [-0.2, -0.15) is 0 Å². The summed E-state index contributed by atoms with van der Waals surface area (Å²) in [6, 6.07) is 5.07. The third kappa shape index (κ3) is 8.00. The second-order valence-electron chi connectivity index (χ2n) is 5.39. The Morgan fingerprint density at radius 2 is 1.74 bits per heavy atom. The largest absolute Gasteiger partial charge is 0.493 e. The summed E-state index contributed by atoms with van der Waals surface area (Å²) >= 11 is 0. The number of hydrogen-bond acceptors (Lipinski definition) is 3. The van der Waals surface area contributed by atoms with Crippen molar-refractivity contribution in [2.45, 2.75) is 51.7 Å². The summed E-state index contributed by atoms with van der Waals surface area (Å²) in [5, 5.41) is 0. The van der Waals surface area contributed by atoms with Crippen LogP contribution in [0.4, 0.5) is 0 Å². The van der Waals surface area contributed by atoms with Crippen LogP contribution >= 0.6 is 0 Å². The number of unbranched alkanes of at least 4 members (excludes halogenated alkanes) is 3. The molecule has 0 radical (unpaired) electrons. The van der Waals surface area contributed by atoms with Crippen molar-refractivity contribution in [3.05, 3.63) is 24.5 Å². The zero-order valence-electron chi connectivity index (χ0n) is 12.5. The van der Waals surface area contributed by atoms with Gasteiger partial charge in [0.2, 0.25) is 0 Å². The summed E-state index contributed by atoms with van der Waals surface area (Å²) in [6.07, 6.45) is 8.45. The van der Waals surface area contributed by atoms with Crippen molar-refractivity contribution < 1.29 is 9.16 Å². The van der Waals surface area contributed by atoms with Crippen LogP contribution in [-0.4, -0.2) is 26.5 Å². The van der Waals surface area contributed by atoms with Gasteiger partial charge in [-0.25, -0.2) is 0 Å². The Hall–Kier alpha value is -0.873. The monoisotopic (exact) mass is 281 g/mol. The lowest BCUT2D eigenvalue weighted by Gasteiger charge is -2.21. The van der Waals surface area contributed by atoms with Crippen LogP contribution in [0.1, 0.15) is 32.6 Å². The van der Waals surface area contributed by atoms with E-state index < -0.39 is 8.32 Å². The fourth-order valence-corrected chi connectivity index (χ4v) is 4.12. The molecule has 0 bridgehead atoms. The molecule has 0 atom stereocenters. The first-order chi connectivity index (χ1) is 9.14.